The van der Waals surface area contributed by atoms with Crippen molar-refractivity contribution >= 4 is 11.6 Å². The van der Waals surface area contributed by atoms with Crippen molar-refractivity contribution in [2.24, 2.45) is 11.8 Å². The van der Waals surface area contributed by atoms with Gasteiger partial charge < -0.3 is 10.1 Å². The predicted molar refractivity (Wildman–Crippen MR) is 115 cm³/mol. The number of anilines is 1. The predicted octanol–water partition coefficient (Wildman–Crippen LogP) is 4.87. The first-order valence-corrected chi connectivity index (χ1v) is 9.91. The summed E-state index contributed by atoms with van der Waals surface area (Å²) >= 11 is 0. The van der Waals surface area contributed by atoms with Gasteiger partial charge in [-0.1, -0.05) is 57.5 Å². The minimum atomic E-state index is -0.0706. The smallest absolute Gasteiger partial charge is 0.336 e. The fourth-order valence-corrected chi connectivity index (χ4v) is 2.64. The van der Waals surface area contributed by atoms with E-state index in [1.807, 2.05) is 62.4 Å². The van der Waals surface area contributed by atoms with Crippen LogP contribution in [-0.2, 0) is 4.79 Å². The number of carbonyl (C=O) groups is 1. The molecule has 3 aromatic rings. The van der Waals surface area contributed by atoms with E-state index in [9.17, 15) is 4.79 Å². The van der Waals surface area contributed by atoms with Gasteiger partial charge in [0.2, 0.25) is 5.91 Å². The number of hydrogen-bond donors (Lipinski definition) is 1. The molecule has 6 nitrogen and oxygen atoms in total. The molecule has 6 heteroatoms. The van der Waals surface area contributed by atoms with Crippen LogP contribution in [0, 0.1) is 18.8 Å². The summed E-state index contributed by atoms with van der Waals surface area (Å²) in [6.45, 7) is 10.5. The van der Waals surface area contributed by atoms with E-state index in [1.54, 1.807) is 4.68 Å². The van der Waals surface area contributed by atoms with Crippen molar-refractivity contribution in [3.63, 3.8) is 0 Å². The van der Waals surface area contributed by atoms with Crippen LogP contribution >= 0.6 is 0 Å². The summed E-state index contributed by atoms with van der Waals surface area (Å²) in [5, 5.41) is 7.47. The van der Waals surface area contributed by atoms with E-state index in [0.717, 1.165) is 16.9 Å². The number of aromatic nitrogens is 3. The molecule has 1 aromatic heterocycles. The van der Waals surface area contributed by atoms with Gasteiger partial charge in [0.15, 0.2) is 5.82 Å². The molecule has 3 rings (SSSR count). The largest absolute Gasteiger partial charge is 0.462 e. The van der Waals surface area contributed by atoms with Crippen LogP contribution in [0.4, 0.5) is 5.69 Å². The van der Waals surface area contributed by atoms with Gasteiger partial charge >= 0.3 is 6.01 Å². The maximum Gasteiger partial charge on any atom is 0.336 e. The highest BCUT2D eigenvalue weighted by atomic mass is 16.5. The average molecular weight is 393 g/mol. The number of amides is 1. The summed E-state index contributed by atoms with van der Waals surface area (Å²) in [5.41, 5.74) is 3.73. The number of benzene rings is 2. The van der Waals surface area contributed by atoms with Gasteiger partial charge in [-0.25, -0.2) is 4.68 Å². The van der Waals surface area contributed by atoms with E-state index >= 15 is 0 Å². The molecule has 0 saturated carbocycles. The molecule has 2 aromatic carbocycles. The summed E-state index contributed by atoms with van der Waals surface area (Å²) in [6.07, 6.45) is 0. The molecular formula is C23H28N4O2. The van der Waals surface area contributed by atoms with Gasteiger partial charge in [0.05, 0.1) is 12.3 Å². The molecule has 29 heavy (non-hydrogen) atoms. The van der Waals surface area contributed by atoms with Crippen LogP contribution in [0.15, 0.2) is 48.5 Å². The number of carbonyl (C=O) groups excluding carboxylic acids is 1. The number of hydrogen-bond acceptors (Lipinski definition) is 4. The van der Waals surface area contributed by atoms with Gasteiger partial charge in [-0.15, -0.1) is 5.10 Å². The molecule has 152 valence electrons. The third kappa shape index (κ3) is 5.22. The number of nitrogens with zero attached hydrogens (tertiary/aromatic N) is 3. The van der Waals surface area contributed by atoms with Crippen LogP contribution in [0.3, 0.4) is 0 Å². The maximum absolute atomic E-state index is 11.9. The lowest BCUT2D eigenvalue weighted by atomic mass is 10.1. The first-order valence-electron chi connectivity index (χ1n) is 9.91. The quantitative estimate of drug-likeness (QED) is 0.623. The average Bonchev–Trinajstić information content (AvgIpc) is 3.11. The Morgan fingerprint density at radius 2 is 1.69 bits per heavy atom. The van der Waals surface area contributed by atoms with Gasteiger partial charge in [0.1, 0.15) is 0 Å². The lowest BCUT2D eigenvalue weighted by Crippen LogP contribution is -2.17. The Morgan fingerprint density at radius 3 is 2.28 bits per heavy atom. The van der Waals surface area contributed by atoms with Crippen LogP contribution in [0.5, 0.6) is 6.01 Å². The highest BCUT2D eigenvalue weighted by molar-refractivity contribution is 5.92. The van der Waals surface area contributed by atoms with Crippen molar-refractivity contribution in [2.75, 3.05) is 11.9 Å². The van der Waals surface area contributed by atoms with Crippen LogP contribution in [-0.4, -0.2) is 27.3 Å². The number of nitrogens with one attached hydrogen (secondary N) is 1. The number of aryl methyl sites for hydroxylation is 1. The summed E-state index contributed by atoms with van der Waals surface area (Å²) < 4.78 is 7.53. The Hall–Kier alpha value is -3.15. The highest BCUT2D eigenvalue weighted by Gasteiger charge is 2.15. The van der Waals surface area contributed by atoms with E-state index in [0.29, 0.717) is 24.4 Å². The maximum atomic E-state index is 11.9. The summed E-state index contributed by atoms with van der Waals surface area (Å²) in [7, 11) is 0. The fourth-order valence-electron chi connectivity index (χ4n) is 2.64. The Bertz CT molecular complexity index is 958. The molecule has 0 saturated heterocycles. The minimum Gasteiger partial charge on any atom is -0.462 e. The van der Waals surface area contributed by atoms with Crippen molar-refractivity contribution in [1.82, 2.24) is 14.8 Å². The third-order valence-corrected chi connectivity index (χ3v) is 4.35. The lowest BCUT2D eigenvalue weighted by Gasteiger charge is -2.10. The fraction of sp³-hybridized carbons (Fsp3) is 0.348. The molecule has 0 fully saturated rings. The van der Waals surface area contributed by atoms with E-state index in [1.165, 1.54) is 5.56 Å². The Balaban J connectivity index is 1.93. The minimum absolute atomic E-state index is 0.0109. The zero-order valence-electron chi connectivity index (χ0n) is 17.6. The topological polar surface area (TPSA) is 69.0 Å². The van der Waals surface area contributed by atoms with Gasteiger partial charge in [-0.3, -0.25) is 4.79 Å². The number of rotatable bonds is 7. The standard InChI is InChI=1S/C23H28N4O2/c1-15(2)14-29-23-25-21(18-8-6-17(5)7-9-18)27(26-23)20-12-10-19(11-13-20)24-22(28)16(3)4/h6-13,15-16H,14H2,1-5H3,(H,24,28). The normalized spacial score (nSPS) is 11.1. The van der Waals surface area contributed by atoms with Crippen molar-refractivity contribution < 1.29 is 9.53 Å². The van der Waals surface area contributed by atoms with Crippen LogP contribution in [0.25, 0.3) is 17.1 Å². The van der Waals surface area contributed by atoms with E-state index in [2.05, 4.69) is 36.2 Å². The van der Waals surface area contributed by atoms with Crippen molar-refractivity contribution in [3.05, 3.63) is 54.1 Å². The van der Waals surface area contributed by atoms with E-state index in [-0.39, 0.29) is 11.8 Å². The molecule has 0 atom stereocenters. The van der Waals surface area contributed by atoms with Gasteiger partial charge in [0.25, 0.3) is 0 Å². The molecule has 0 spiro atoms. The summed E-state index contributed by atoms with van der Waals surface area (Å²) in [5.74, 6) is 1.01. The first kappa shape index (κ1) is 20.6. The molecule has 1 heterocycles. The highest BCUT2D eigenvalue weighted by Crippen LogP contribution is 2.25. The third-order valence-electron chi connectivity index (χ3n) is 4.35. The molecular weight excluding hydrogens is 364 g/mol. The van der Waals surface area contributed by atoms with Gasteiger partial charge in [-0.05, 0) is 37.1 Å². The molecule has 0 radical (unpaired) electrons. The molecule has 0 aliphatic heterocycles. The first-order chi connectivity index (χ1) is 13.8. The molecule has 0 bridgehead atoms. The monoisotopic (exact) mass is 392 g/mol. The molecule has 1 amide bonds. The van der Waals surface area contributed by atoms with E-state index < -0.39 is 0 Å². The Morgan fingerprint density at radius 1 is 1.03 bits per heavy atom. The van der Waals surface area contributed by atoms with Crippen LogP contribution < -0.4 is 10.1 Å². The molecule has 0 aliphatic carbocycles. The lowest BCUT2D eigenvalue weighted by molar-refractivity contribution is -0.118. The Kier molecular flexibility index (Phi) is 6.32. The van der Waals surface area contributed by atoms with Crippen molar-refractivity contribution in [3.8, 4) is 23.1 Å². The van der Waals surface area contributed by atoms with Crippen molar-refractivity contribution in [2.45, 2.75) is 34.6 Å². The second-order valence-electron chi connectivity index (χ2n) is 7.89. The van der Waals surface area contributed by atoms with E-state index in [4.69, 9.17) is 4.74 Å². The Labute approximate surface area is 171 Å². The number of ether oxygens (including phenoxy) is 1. The SMILES string of the molecule is Cc1ccc(-c2nc(OCC(C)C)nn2-c2ccc(NC(=O)C(C)C)cc2)cc1. The molecule has 0 unspecified atom stereocenters. The van der Waals surface area contributed by atoms with Crippen molar-refractivity contribution in [1.29, 1.82) is 0 Å². The zero-order chi connectivity index (χ0) is 21.0. The zero-order valence-corrected chi connectivity index (χ0v) is 17.6. The van der Waals surface area contributed by atoms with Gasteiger partial charge in [-0.2, -0.15) is 4.98 Å². The van der Waals surface area contributed by atoms with Gasteiger partial charge in [0, 0.05) is 17.2 Å². The van der Waals surface area contributed by atoms with Crippen LogP contribution in [0.1, 0.15) is 33.3 Å². The summed E-state index contributed by atoms with van der Waals surface area (Å²) in [4.78, 5) is 16.5. The second kappa shape index (κ2) is 8.90. The second-order valence-corrected chi connectivity index (χ2v) is 7.89. The molecule has 0 aliphatic rings. The molecule has 1 N–H and O–H groups in total. The van der Waals surface area contributed by atoms with Crippen LogP contribution in [0.2, 0.25) is 0 Å². The summed E-state index contributed by atoms with van der Waals surface area (Å²) in [6, 6.07) is 16.1.